The number of hydrogen-bond donors (Lipinski definition) is 1. The first-order valence-corrected chi connectivity index (χ1v) is 10.7. The van der Waals surface area contributed by atoms with E-state index >= 15 is 0 Å². The highest BCUT2D eigenvalue weighted by Gasteiger charge is 2.18. The van der Waals surface area contributed by atoms with E-state index in [1.807, 2.05) is 13.8 Å². The van der Waals surface area contributed by atoms with Crippen LogP contribution in [0.3, 0.4) is 0 Å². The third-order valence-corrected chi connectivity index (χ3v) is 6.43. The van der Waals surface area contributed by atoms with Gasteiger partial charge in [0.1, 0.15) is 0 Å². The van der Waals surface area contributed by atoms with Crippen molar-refractivity contribution < 1.29 is 22.7 Å². The summed E-state index contributed by atoms with van der Waals surface area (Å²) in [6.45, 7) is 3.16. The van der Waals surface area contributed by atoms with Gasteiger partial charge in [-0.2, -0.15) is 0 Å². The van der Waals surface area contributed by atoms with E-state index in [2.05, 4.69) is 5.32 Å². The second-order valence-corrected chi connectivity index (χ2v) is 9.08. The van der Waals surface area contributed by atoms with Crippen LogP contribution in [-0.2, 0) is 24.2 Å². The predicted octanol–water partition coefficient (Wildman–Crippen LogP) is 3.96. The van der Waals surface area contributed by atoms with E-state index in [1.54, 1.807) is 18.2 Å². The molecular weight excluding hydrogens is 425 g/mol. The van der Waals surface area contributed by atoms with Crippen LogP contribution in [0.25, 0.3) is 0 Å². The molecule has 0 aliphatic heterocycles. The Kier molecular flexibility index (Phi) is 7.46. The average Bonchev–Trinajstić information content (AvgIpc) is 2.63. The van der Waals surface area contributed by atoms with Crippen molar-refractivity contribution in [2.24, 2.45) is 0 Å². The first-order chi connectivity index (χ1) is 13.1. The van der Waals surface area contributed by atoms with E-state index in [1.165, 1.54) is 18.2 Å². The van der Waals surface area contributed by atoms with Crippen LogP contribution in [0.1, 0.15) is 17.5 Å². The second kappa shape index (κ2) is 9.41. The normalized spacial score (nSPS) is 11.1. The van der Waals surface area contributed by atoms with Gasteiger partial charge >= 0.3 is 5.97 Å². The molecule has 28 heavy (non-hydrogen) atoms. The number of nitrogens with one attached hydrogen (secondary N) is 1. The number of aryl methyl sites for hydroxylation is 2. The topological polar surface area (TPSA) is 89.5 Å². The van der Waals surface area contributed by atoms with Crippen LogP contribution in [0.4, 0.5) is 5.69 Å². The van der Waals surface area contributed by atoms with E-state index in [-0.39, 0.29) is 16.3 Å². The maximum atomic E-state index is 12.3. The Hall–Kier alpha value is -2.09. The van der Waals surface area contributed by atoms with Gasteiger partial charge in [-0.1, -0.05) is 29.3 Å². The molecule has 0 aliphatic carbocycles. The summed E-state index contributed by atoms with van der Waals surface area (Å²) in [6, 6.07) is 9.31. The quantitative estimate of drug-likeness (QED) is 0.654. The maximum absolute atomic E-state index is 12.3. The van der Waals surface area contributed by atoms with Gasteiger partial charge in [0, 0.05) is 5.69 Å². The fourth-order valence-corrected chi connectivity index (χ4v) is 3.83. The molecule has 150 valence electrons. The Morgan fingerprint density at radius 2 is 1.71 bits per heavy atom. The molecule has 1 amide bonds. The number of carbonyl (C=O) groups excluding carboxylic acids is 2. The molecule has 2 aromatic rings. The number of hydrogen-bond acceptors (Lipinski definition) is 5. The van der Waals surface area contributed by atoms with Crippen molar-refractivity contribution in [2.45, 2.75) is 25.2 Å². The SMILES string of the molecule is Cc1ccc(S(=O)(=O)CCC(=O)OCC(=O)Nc2ccc(Cl)c(Cl)c2)cc1C. The zero-order valence-electron chi connectivity index (χ0n) is 15.3. The molecule has 0 saturated heterocycles. The molecule has 0 radical (unpaired) electrons. The summed E-state index contributed by atoms with van der Waals surface area (Å²) in [4.78, 5) is 23.8. The minimum atomic E-state index is -3.62. The lowest BCUT2D eigenvalue weighted by molar-refractivity contribution is -0.146. The van der Waals surface area contributed by atoms with E-state index in [9.17, 15) is 18.0 Å². The van der Waals surface area contributed by atoms with E-state index in [0.29, 0.717) is 10.7 Å². The zero-order valence-corrected chi connectivity index (χ0v) is 17.6. The lowest BCUT2D eigenvalue weighted by atomic mass is 10.1. The van der Waals surface area contributed by atoms with Gasteiger partial charge in [0.05, 0.1) is 27.1 Å². The Morgan fingerprint density at radius 1 is 1.00 bits per heavy atom. The first-order valence-electron chi connectivity index (χ1n) is 8.29. The van der Waals surface area contributed by atoms with E-state index < -0.39 is 34.1 Å². The lowest BCUT2D eigenvalue weighted by Crippen LogP contribution is -2.22. The number of rotatable bonds is 7. The van der Waals surface area contributed by atoms with Crippen LogP contribution in [0, 0.1) is 13.8 Å². The molecular formula is C19H19Cl2NO5S. The van der Waals surface area contributed by atoms with Crippen molar-refractivity contribution in [3.05, 3.63) is 57.6 Å². The third kappa shape index (κ3) is 6.22. The number of carbonyl (C=O) groups is 2. The lowest BCUT2D eigenvalue weighted by Gasteiger charge is -2.09. The summed E-state index contributed by atoms with van der Waals surface area (Å²) in [5.74, 6) is -1.76. The molecule has 2 aromatic carbocycles. The second-order valence-electron chi connectivity index (χ2n) is 6.15. The average molecular weight is 444 g/mol. The molecule has 0 aromatic heterocycles. The summed E-state index contributed by atoms with van der Waals surface area (Å²) in [6.07, 6.45) is -0.352. The molecule has 2 rings (SSSR count). The molecule has 9 heteroatoms. The van der Waals surface area contributed by atoms with Crippen LogP contribution in [0.15, 0.2) is 41.3 Å². The number of halogens is 2. The number of ether oxygens (including phenoxy) is 1. The van der Waals surface area contributed by atoms with Crippen LogP contribution in [0.5, 0.6) is 0 Å². The van der Waals surface area contributed by atoms with Crippen molar-refractivity contribution >= 4 is 50.6 Å². The van der Waals surface area contributed by atoms with Crippen LogP contribution in [-0.4, -0.2) is 32.7 Å². The van der Waals surface area contributed by atoms with Gasteiger partial charge in [-0.15, -0.1) is 0 Å². The largest absolute Gasteiger partial charge is 0.456 e. The standard InChI is InChI=1S/C19H19Cl2NO5S/c1-12-3-5-15(9-13(12)2)28(25,26)8-7-19(24)27-11-18(23)22-14-4-6-16(20)17(21)10-14/h3-6,9-10H,7-8,11H2,1-2H3,(H,22,23). The highest BCUT2D eigenvalue weighted by molar-refractivity contribution is 7.91. The zero-order chi connectivity index (χ0) is 20.9. The van der Waals surface area contributed by atoms with Crippen molar-refractivity contribution in [2.75, 3.05) is 17.7 Å². The van der Waals surface area contributed by atoms with E-state index in [0.717, 1.165) is 11.1 Å². The summed E-state index contributed by atoms with van der Waals surface area (Å²) < 4.78 is 29.5. The Morgan fingerprint density at radius 3 is 2.36 bits per heavy atom. The van der Waals surface area contributed by atoms with Gasteiger partial charge < -0.3 is 10.1 Å². The summed E-state index contributed by atoms with van der Waals surface area (Å²) >= 11 is 11.6. The molecule has 0 spiro atoms. The Balaban J connectivity index is 1.83. The first kappa shape index (κ1) is 22.2. The maximum Gasteiger partial charge on any atom is 0.307 e. The van der Waals surface area contributed by atoms with Gasteiger partial charge in [0.15, 0.2) is 16.4 Å². The number of esters is 1. The molecule has 0 atom stereocenters. The summed E-state index contributed by atoms with van der Waals surface area (Å²) in [5, 5.41) is 3.11. The van der Waals surface area contributed by atoms with Gasteiger partial charge in [-0.05, 0) is 55.3 Å². The van der Waals surface area contributed by atoms with E-state index in [4.69, 9.17) is 27.9 Å². The Labute approximate surface area is 173 Å². The van der Waals surface area contributed by atoms with Gasteiger partial charge in [0.25, 0.3) is 5.91 Å². The predicted molar refractivity (Wildman–Crippen MR) is 109 cm³/mol. The number of amides is 1. The van der Waals surface area contributed by atoms with Crippen molar-refractivity contribution in [1.29, 1.82) is 0 Å². The molecule has 0 bridgehead atoms. The van der Waals surface area contributed by atoms with Gasteiger partial charge in [-0.3, -0.25) is 9.59 Å². The minimum absolute atomic E-state index is 0.153. The van der Waals surface area contributed by atoms with Crippen LogP contribution >= 0.6 is 23.2 Å². The molecule has 0 unspecified atom stereocenters. The molecule has 0 saturated carbocycles. The van der Waals surface area contributed by atoms with Gasteiger partial charge in [-0.25, -0.2) is 8.42 Å². The minimum Gasteiger partial charge on any atom is -0.456 e. The van der Waals surface area contributed by atoms with Gasteiger partial charge in [0.2, 0.25) is 0 Å². The fraction of sp³-hybridized carbons (Fsp3) is 0.263. The monoisotopic (exact) mass is 443 g/mol. The number of benzene rings is 2. The van der Waals surface area contributed by atoms with Crippen LogP contribution in [0.2, 0.25) is 10.0 Å². The van der Waals surface area contributed by atoms with Crippen molar-refractivity contribution in [3.8, 4) is 0 Å². The molecule has 0 heterocycles. The Bertz CT molecular complexity index is 1010. The smallest absolute Gasteiger partial charge is 0.307 e. The molecule has 0 aliphatic rings. The fourth-order valence-electron chi connectivity index (χ4n) is 2.23. The summed E-state index contributed by atoms with van der Waals surface area (Å²) in [5.41, 5.74) is 2.22. The molecule has 6 nitrogen and oxygen atoms in total. The number of anilines is 1. The molecule has 1 N–H and O–H groups in total. The van der Waals surface area contributed by atoms with Crippen molar-refractivity contribution in [1.82, 2.24) is 0 Å². The highest BCUT2D eigenvalue weighted by atomic mass is 35.5. The van der Waals surface area contributed by atoms with Crippen molar-refractivity contribution in [3.63, 3.8) is 0 Å². The van der Waals surface area contributed by atoms with Crippen LogP contribution < -0.4 is 5.32 Å². The highest BCUT2D eigenvalue weighted by Crippen LogP contribution is 2.25. The number of sulfone groups is 1. The molecule has 0 fully saturated rings. The third-order valence-electron chi connectivity index (χ3n) is 3.98. The summed E-state index contributed by atoms with van der Waals surface area (Å²) in [7, 11) is -3.62.